The quantitative estimate of drug-likeness (QED) is 0.352. The Kier molecular flexibility index (Phi) is 10.0. The van der Waals surface area contributed by atoms with Gasteiger partial charge in [-0.2, -0.15) is 0 Å². The molecule has 0 aromatic heterocycles. The first-order valence-corrected chi connectivity index (χ1v) is 13.1. The van der Waals surface area contributed by atoms with Crippen molar-refractivity contribution in [2.75, 3.05) is 56.9 Å². The molecule has 196 valence electrons. The second-order valence-corrected chi connectivity index (χ2v) is 10.7. The van der Waals surface area contributed by atoms with Crippen LogP contribution in [0.5, 0.6) is 5.75 Å². The lowest BCUT2D eigenvalue weighted by molar-refractivity contribution is 0.0471. The molecule has 0 saturated carbocycles. The predicted octanol–water partition coefficient (Wildman–Crippen LogP) is 4.69. The van der Waals surface area contributed by atoms with E-state index in [9.17, 15) is 9.59 Å². The van der Waals surface area contributed by atoms with Gasteiger partial charge in [-0.3, -0.25) is 4.90 Å². The third-order valence-corrected chi connectivity index (χ3v) is 6.60. The summed E-state index contributed by atoms with van der Waals surface area (Å²) in [6.07, 6.45) is -0.515. The fourth-order valence-corrected chi connectivity index (χ4v) is 4.59. The van der Waals surface area contributed by atoms with Gasteiger partial charge in [0, 0.05) is 38.5 Å². The number of amides is 1. The minimum Gasteiger partial charge on any atom is -0.495 e. The van der Waals surface area contributed by atoms with E-state index in [2.05, 4.69) is 16.8 Å². The Bertz CT molecular complexity index is 1000. The zero-order valence-electron chi connectivity index (χ0n) is 21.9. The van der Waals surface area contributed by atoms with E-state index in [0.29, 0.717) is 22.8 Å². The number of benzene rings is 2. The van der Waals surface area contributed by atoms with Crippen LogP contribution in [-0.4, -0.2) is 80.1 Å². The van der Waals surface area contributed by atoms with Crippen LogP contribution < -0.4 is 9.04 Å². The van der Waals surface area contributed by atoms with Gasteiger partial charge < -0.3 is 19.1 Å². The molecule has 36 heavy (non-hydrogen) atoms. The molecule has 1 amide bonds. The number of carbonyl (C=O) groups excluding carboxylic acids is 2. The van der Waals surface area contributed by atoms with Crippen molar-refractivity contribution in [1.82, 2.24) is 9.80 Å². The van der Waals surface area contributed by atoms with E-state index in [4.69, 9.17) is 14.2 Å². The van der Waals surface area contributed by atoms with Crippen molar-refractivity contribution in [1.29, 1.82) is 0 Å². The summed E-state index contributed by atoms with van der Waals surface area (Å²) in [5, 5.41) is 0. The summed E-state index contributed by atoms with van der Waals surface area (Å²) < 4.78 is 18.2. The fourth-order valence-electron chi connectivity index (χ4n) is 3.64. The lowest BCUT2D eigenvalue weighted by Gasteiger charge is -2.33. The summed E-state index contributed by atoms with van der Waals surface area (Å²) in [4.78, 5) is 30.8. The highest BCUT2D eigenvalue weighted by molar-refractivity contribution is 8.01. The predicted molar refractivity (Wildman–Crippen MR) is 144 cm³/mol. The molecule has 0 unspecified atom stereocenters. The number of hydrogen-bond donors (Lipinski definition) is 0. The summed E-state index contributed by atoms with van der Waals surface area (Å²) in [7, 11) is 3.66. The van der Waals surface area contributed by atoms with Crippen molar-refractivity contribution in [2.24, 2.45) is 0 Å². The number of rotatable bonds is 9. The van der Waals surface area contributed by atoms with Gasteiger partial charge in [0.1, 0.15) is 23.6 Å². The summed E-state index contributed by atoms with van der Waals surface area (Å²) in [5.74, 6) is 0.663. The smallest absolute Gasteiger partial charge is 0.425 e. The number of carbonyl (C=O) groups is 2. The Hall–Kier alpha value is -2.75. The molecule has 2 aromatic rings. The lowest BCUT2D eigenvalue weighted by atomic mass is 10.2. The van der Waals surface area contributed by atoms with Crippen LogP contribution in [0.25, 0.3) is 0 Å². The largest absolute Gasteiger partial charge is 0.495 e. The molecule has 0 radical (unpaired) electrons. The third-order valence-electron chi connectivity index (χ3n) is 5.63. The molecule has 8 nitrogen and oxygen atoms in total. The highest BCUT2D eigenvalue weighted by Crippen LogP contribution is 2.35. The van der Waals surface area contributed by atoms with E-state index in [-0.39, 0.29) is 6.61 Å². The molecule has 1 aliphatic rings. The Labute approximate surface area is 218 Å². The highest BCUT2D eigenvalue weighted by Gasteiger charge is 2.28. The van der Waals surface area contributed by atoms with Crippen molar-refractivity contribution in [2.45, 2.75) is 33.0 Å². The molecule has 2 aromatic carbocycles. The van der Waals surface area contributed by atoms with Crippen LogP contribution in [0.3, 0.4) is 0 Å². The molecule has 0 spiro atoms. The molecule has 1 heterocycles. The molecule has 1 saturated heterocycles. The Balaban J connectivity index is 1.77. The second kappa shape index (κ2) is 13.0. The zero-order valence-corrected chi connectivity index (χ0v) is 22.7. The first-order chi connectivity index (χ1) is 17.2. The first-order valence-electron chi connectivity index (χ1n) is 12.1. The van der Waals surface area contributed by atoms with Crippen LogP contribution in [0.4, 0.5) is 10.5 Å². The van der Waals surface area contributed by atoms with Gasteiger partial charge >= 0.3 is 12.1 Å². The summed E-state index contributed by atoms with van der Waals surface area (Å²) in [6.45, 7) is 10.5. The van der Waals surface area contributed by atoms with Gasteiger partial charge in [0.2, 0.25) is 0 Å². The maximum Gasteiger partial charge on any atom is 0.425 e. The Morgan fingerprint density at radius 1 is 1.03 bits per heavy atom. The monoisotopic (exact) mass is 515 g/mol. The molecule has 9 heteroatoms. The number of nitrogens with zero attached hydrogens (tertiary/aromatic N) is 3. The standard InChI is InChI=1S/C27H37N3O5S/c1-27(2,3)35-26(32)30(36-18-17-29-15-13-28(4)14-16-29)23-19-22(11-12-24(23)33-5)25(31)34-20-21-9-7-6-8-10-21/h6-12,19H,13-18,20H2,1-5H3. The SMILES string of the molecule is COc1ccc(C(=O)OCc2ccccc2)cc1N(SCCN1CCN(C)CC1)C(=O)OC(C)(C)C. The second-order valence-electron chi connectivity index (χ2n) is 9.70. The number of esters is 1. The van der Waals surface area contributed by atoms with Crippen molar-refractivity contribution in [3.05, 3.63) is 59.7 Å². The Morgan fingerprint density at radius 2 is 1.72 bits per heavy atom. The molecule has 1 aliphatic heterocycles. The normalized spacial score (nSPS) is 14.8. The van der Waals surface area contributed by atoms with E-state index >= 15 is 0 Å². The molecular weight excluding hydrogens is 478 g/mol. The fraction of sp³-hybridized carbons (Fsp3) is 0.481. The number of piperazine rings is 1. The van der Waals surface area contributed by atoms with E-state index in [0.717, 1.165) is 38.3 Å². The number of methoxy groups -OCH3 is 1. The van der Waals surface area contributed by atoms with Crippen LogP contribution in [0.1, 0.15) is 36.7 Å². The van der Waals surface area contributed by atoms with Gasteiger partial charge in [-0.25, -0.2) is 13.9 Å². The molecule has 0 bridgehead atoms. The molecular formula is C27H37N3O5S. The minimum absolute atomic E-state index is 0.163. The maximum absolute atomic E-state index is 13.2. The maximum atomic E-state index is 13.2. The molecule has 1 fully saturated rings. The van der Waals surface area contributed by atoms with Gasteiger partial charge in [0.25, 0.3) is 0 Å². The average molecular weight is 516 g/mol. The van der Waals surface area contributed by atoms with Gasteiger partial charge in [-0.05, 0) is 63.5 Å². The van der Waals surface area contributed by atoms with E-state index in [1.165, 1.54) is 23.4 Å². The van der Waals surface area contributed by atoms with Gasteiger partial charge in [0.15, 0.2) is 0 Å². The highest BCUT2D eigenvalue weighted by atomic mass is 32.2. The minimum atomic E-state index is -0.674. The van der Waals surface area contributed by atoms with E-state index in [1.807, 2.05) is 51.1 Å². The van der Waals surface area contributed by atoms with Crippen LogP contribution in [-0.2, 0) is 16.1 Å². The number of hydrogen-bond acceptors (Lipinski definition) is 8. The summed E-state index contributed by atoms with van der Waals surface area (Å²) in [5.41, 5.74) is 1.00. The van der Waals surface area contributed by atoms with Crippen LogP contribution >= 0.6 is 11.9 Å². The summed E-state index contributed by atoms with van der Waals surface area (Å²) in [6, 6.07) is 14.4. The molecule has 0 atom stereocenters. The summed E-state index contributed by atoms with van der Waals surface area (Å²) >= 11 is 1.35. The van der Waals surface area contributed by atoms with E-state index < -0.39 is 17.7 Å². The van der Waals surface area contributed by atoms with Gasteiger partial charge in [0.05, 0.1) is 12.7 Å². The zero-order chi connectivity index (χ0) is 26.1. The van der Waals surface area contributed by atoms with Crippen LogP contribution in [0, 0.1) is 0 Å². The van der Waals surface area contributed by atoms with Crippen molar-refractivity contribution in [3.8, 4) is 5.75 Å². The van der Waals surface area contributed by atoms with Crippen LogP contribution in [0.2, 0.25) is 0 Å². The molecule has 0 N–H and O–H groups in total. The van der Waals surface area contributed by atoms with E-state index in [1.54, 1.807) is 18.2 Å². The topological polar surface area (TPSA) is 71.6 Å². The third kappa shape index (κ3) is 8.43. The lowest BCUT2D eigenvalue weighted by Crippen LogP contribution is -2.45. The van der Waals surface area contributed by atoms with Gasteiger partial charge in [-0.15, -0.1) is 0 Å². The van der Waals surface area contributed by atoms with Crippen molar-refractivity contribution < 1.29 is 23.8 Å². The van der Waals surface area contributed by atoms with Crippen molar-refractivity contribution in [3.63, 3.8) is 0 Å². The van der Waals surface area contributed by atoms with Gasteiger partial charge in [-0.1, -0.05) is 30.3 Å². The molecule has 3 rings (SSSR count). The van der Waals surface area contributed by atoms with Crippen molar-refractivity contribution >= 4 is 29.7 Å². The number of likely N-dealkylation sites (N-methyl/N-ethyl adjacent to an activating group) is 1. The van der Waals surface area contributed by atoms with Crippen LogP contribution in [0.15, 0.2) is 48.5 Å². The number of ether oxygens (including phenoxy) is 3. The molecule has 0 aliphatic carbocycles. The average Bonchev–Trinajstić information content (AvgIpc) is 2.85. The number of anilines is 1. The Morgan fingerprint density at radius 3 is 2.36 bits per heavy atom. The first kappa shape index (κ1) is 27.8.